The maximum absolute atomic E-state index is 5.68. The van der Waals surface area contributed by atoms with E-state index in [1.165, 1.54) is 10.3 Å². The predicted molar refractivity (Wildman–Crippen MR) is 81.0 cm³/mol. The summed E-state index contributed by atoms with van der Waals surface area (Å²) in [5.74, 6) is 0. The van der Waals surface area contributed by atoms with Crippen LogP contribution in [0.2, 0.25) is 0 Å². The number of thiazole rings is 1. The second-order valence-corrected chi connectivity index (χ2v) is 6.17. The molecule has 0 spiro atoms. The normalized spacial score (nSPS) is 10.9. The van der Waals surface area contributed by atoms with Crippen LogP contribution < -0.4 is 5.73 Å². The number of benzene rings is 2. The first-order chi connectivity index (χ1) is 8.70. The first-order valence-electron chi connectivity index (χ1n) is 5.60. The number of nitrogens with zero attached hydrogens (tertiary/aromatic N) is 1. The number of fused-ring (bicyclic) bond motifs is 1. The predicted octanol–water partition coefficient (Wildman–Crippen LogP) is 4.23. The molecule has 0 bridgehead atoms. The average Bonchev–Trinajstić information content (AvgIpc) is 2.73. The van der Waals surface area contributed by atoms with Crippen molar-refractivity contribution < 1.29 is 0 Å². The zero-order chi connectivity index (χ0) is 12.5. The molecule has 0 aliphatic heterocycles. The van der Waals surface area contributed by atoms with E-state index in [9.17, 15) is 0 Å². The molecule has 0 aliphatic rings. The Morgan fingerprint density at radius 3 is 2.67 bits per heavy atom. The van der Waals surface area contributed by atoms with Crippen LogP contribution in [0.25, 0.3) is 10.2 Å². The monoisotopic (exact) mass is 318 g/mol. The highest BCUT2D eigenvalue weighted by molar-refractivity contribution is 9.10. The molecule has 0 radical (unpaired) electrons. The van der Waals surface area contributed by atoms with E-state index in [4.69, 9.17) is 5.73 Å². The molecule has 2 nitrogen and oxygen atoms in total. The van der Waals surface area contributed by atoms with Gasteiger partial charge in [0.15, 0.2) is 0 Å². The molecular formula is C14H11BrN2S. The smallest absolute Gasteiger partial charge is 0.0982 e. The van der Waals surface area contributed by atoms with Gasteiger partial charge in [0.25, 0.3) is 0 Å². The molecule has 3 aromatic rings. The quantitative estimate of drug-likeness (QED) is 0.718. The molecule has 4 heteroatoms. The maximum Gasteiger partial charge on any atom is 0.0982 e. The van der Waals surface area contributed by atoms with E-state index in [-0.39, 0.29) is 0 Å². The van der Waals surface area contributed by atoms with Crippen molar-refractivity contribution in [1.82, 2.24) is 4.98 Å². The summed E-state index contributed by atoms with van der Waals surface area (Å²) in [5.41, 5.74) is 8.78. The third-order valence-corrected chi connectivity index (χ3v) is 4.24. The summed E-state index contributed by atoms with van der Waals surface area (Å²) in [5, 5.41) is 1.13. The molecule has 0 saturated carbocycles. The van der Waals surface area contributed by atoms with Crippen molar-refractivity contribution in [2.24, 2.45) is 0 Å². The Labute approximate surface area is 118 Å². The van der Waals surface area contributed by atoms with E-state index in [1.54, 1.807) is 11.3 Å². The number of anilines is 1. The van der Waals surface area contributed by atoms with Gasteiger partial charge in [0.05, 0.1) is 15.2 Å². The molecule has 2 N–H and O–H groups in total. The fraction of sp³-hybridized carbons (Fsp3) is 0.0714. The number of nitrogens with two attached hydrogens (primary N) is 1. The summed E-state index contributed by atoms with van der Waals surface area (Å²) in [7, 11) is 0. The van der Waals surface area contributed by atoms with E-state index in [1.807, 2.05) is 24.3 Å². The fourth-order valence-electron chi connectivity index (χ4n) is 1.83. The second kappa shape index (κ2) is 4.71. The molecule has 2 aromatic carbocycles. The van der Waals surface area contributed by atoms with Gasteiger partial charge in [-0.25, -0.2) is 4.98 Å². The third kappa shape index (κ3) is 2.40. The van der Waals surface area contributed by atoms with Crippen molar-refractivity contribution in [2.75, 3.05) is 5.73 Å². The minimum atomic E-state index is 0.798. The third-order valence-electron chi connectivity index (χ3n) is 2.73. The van der Waals surface area contributed by atoms with Crippen LogP contribution in [-0.2, 0) is 6.42 Å². The summed E-state index contributed by atoms with van der Waals surface area (Å²) < 4.78 is 2.31. The summed E-state index contributed by atoms with van der Waals surface area (Å²) in [6.45, 7) is 0. The van der Waals surface area contributed by atoms with Crippen LogP contribution in [0, 0.1) is 0 Å². The van der Waals surface area contributed by atoms with Crippen molar-refractivity contribution in [3.05, 3.63) is 57.5 Å². The van der Waals surface area contributed by atoms with Gasteiger partial charge in [-0.1, -0.05) is 28.1 Å². The lowest BCUT2D eigenvalue weighted by atomic mass is 10.1. The van der Waals surface area contributed by atoms with Gasteiger partial charge < -0.3 is 5.73 Å². The van der Waals surface area contributed by atoms with E-state index in [2.05, 4.69) is 39.1 Å². The van der Waals surface area contributed by atoms with E-state index in [0.717, 1.165) is 27.1 Å². The van der Waals surface area contributed by atoms with Crippen molar-refractivity contribution >= 4 is 43.2 Å². The highest BCUT2D eigenvalue weighted by Crippen LogP contribution is 2.26. The summed E-state index contributed by atoms with van der Waals surface area (Å²) >= 11 is 5.22. The van der Waals surface area contributed by atoms with Gasteiger partial charge >= 0.3 is 0 Å². The van der Waals surface area contributed by atoms with Crippen molar-refractivity contribution in [3.8, 4) is 0 Å². The molecule has 18 heavy (non-hydrogen) atoms. The van der Waals surface area contributed by atoms with Gasteiger partial charge in [-0.15, -0.1) is 11.3 Å². The van der Waals surface area contributed by atoms with E-state index in [0.29, 0.717) is 0 Å². The maximum atomic E-state index is 5.68. The zero-order valence-corrected chi connectivity index (χ0v) is 12.0. The lowest BCUT2D eigenvalue weighted by molar-refractivity contribution is 1.16. The first kappa shape index (κ1) is 11.7. The van der Waals surface area contributed by atoms with Crippen LogP contribution in [-0.4, -0.2) is 4.98 Å². The number of rotatable bonds is 2. The van der Waals surface area contributed by atoms with Gasteiger partial charge in [-0.05, 0) is 35.9 Å². The zero-order valence-electron chi connectivity index (χ0n) is 9.56. The molecule has 0 saturated heterocycles. The molecule has 0 unspecified atom stereocenters. The van der Waals surface area contributed by atoms with Crippen LogP contribution in [0.15, 0.2) is 46.9 Å². The molecule has 90 valence electrons. The SMILES string of the molecule is Nc1ccc(Cc2nc3ccc(Br)cc3s2)cc1. The minimum Gasteiger partial charge on any atom is -0.399 e. The summed E-state index contributed by atoms with van der Waals surface area (Å²) in [6, 6.07) is 14.1. The Bertz CT molecular complexity index is 689. The van der Waals surface area contributed by atoms with Gasteiger partial charge in [-0.3, -0.25) is 0 Å². The van der Waals surface area contributed by atoms with Crippen LogP contribution in [0.1, 0.15) is 10.6 Å². The topological polar surface area (TPSA) is 38.9 Å². The Morgan fingerprint density at radius 1 is 1.11 bits per heavy atom. The molecule has 0 aliphatic carbocycles. The van der Waals surface area contributed by atoms with Gasteiger partial charge in [0.1, 0.15) is 0 Å². The van der Waals surface area contributed by atoms with Crippen LogP contribution in [0.5, 0.6) is 0 Å². The summed E-state index contributed by atoms with van der Waals surface area (Å²) in [4.78, 5) is 4.64. The van der Waals surface area contributed by atoms with E-state index >= 15 is 0 Å². The fourth-order valence-corrected chi connectivity index (χ4v) is 3.39. The Balaban J connectivity index is 1.92. The highest BCUT2D eigenvalue weighted by atomic mass is 79.9. The highest BCUT2D eigenvalue weighted by Gasteiger charge is 2.05. The molecule has 0 atom stereocenters. The Kier molecular flexibility index (Phi) is 3.06. The Morgan fingerprint density at radius 2 is 1.89 bits per heavy atom. The molecule has 0 fully saturated rings. The number of nitrogen functional groups attached to an aromatic ring is 1. The summed E-state index contributed by atoms with van der Waals surface area (Å²) in [6.07, 6.45) is 0.858. The molecule has 1 aromatic heterocycles. The molecule has 3 rings (SSSR count). The van der Waals surface area contributed by atoms with Gasteiger partial charge in [0, 0.05) is 16.6 Å². The number of hydrogen-bond donors (Lipinski definition) is 1. The number of halogens is 1. The van der Waals surface area contributed by atoms with Crippen molar-refractivity contribution in [1.29, 1.82) is 0 Å². The van der Waals surface area contributed by atoms with Gasteiger partial charge in [0.2, 0.25) is 0 Å². The van der Waals surface area contributed by atoms with Crippen molar-refractivity contribution in [3.63, 3.8) is 0 Å². The first-order valence-corrected chi connectivity index (χ1v) is 7.21. The minimum absolute atomic E-state index is 0.798. The van der Waals surface area contributed by atoms with Crippen LogP contribution in [0.3, 0.4) is 0 Å². The molecule has 0 amide bonds. The van der Waals surface area contributed by atoms with Gasteiger partial charge in [-0.2, -0.15) is 0 Å². The second-order valence-electron chi connectivity index (χ2n) is 4.14. The standard InChI is InChI=1S/C14H11BrN2S/c15-10-3-6-12-13(8-10)18-14(17-12)7-9-1-4-11(16)5-2-9/h1-6,8H,7,16H2. The van der Waals surface area contributed by atoms with Crippen LogP contribution in [0.4, 0.5) is 5.69 Å². The Hall–Kier alpha value is -1.39. The molecule has 1 heterocycles. The molecular weight excluding hydrogens is 308 g/mol. The average molecular weight is 319 g/mol. The number of aromatic nitrogens is 1. The lowest BCUT2D eigenvalue weighted by Gasteiger charge is -1.98. The largest absolute Gasteiger partial charge is 0.399 e. The van der Waals surface area contributed by atoms with Crippen LogP contribution >= 0.6 is 27.3 Å². The number of hydrogen-bond acceptors (Lipinski definition) is 3. The lowest BCUT2D eigenvalue weighted by Crippen LogP contribution is -1.88. The van der Waals surface area contributed by atoms with E-state index < -0.39 is 0 Å². The van der Waals surface area contributed by atoms with Crippen molar-refractivity contribution in [2.45, 2.75) is 6.42 Å².